The van der Waals surface area contributed by atoms with E-state index >= 15 is 0 Å². The summed E-state index contributed by atoms with van der Waals surface area (Å²) in [6.07, 6.45) is 6.16. The van der Waals surface area contributed by atoms with Gasteiger partial charge in [-0.3, -0.25) is 4.21 Å². The van der Waals surface area contributed by atoms with Gasteiger partial charge >= 0.3 is 0 Å². The standard InChI is InChI=1S/C8H17NO2S/c1-7(9-12(10)11)8-5-3-2-4-6-8/h7-9H,2-6H2,1H3,(H,10,11)/p-1. The third-order valence-corrected chi connectivity index (χ3v) is 3.20. The van der Waals surface area contributed by atoms with Crippen molar-refractivity contribution < 1.29 is 8.76 Å². The monoisotopic (exact) mass is 190 g/mol. The van der Waals surface area contributed by atoms with Gasteiger partial charge < -0.3 is 4.55 Å². The highest BCUT2D eigenvalue weighted by molar-refractivity contribution is 7.77. The largest absolute Gasteiger partial charge is 0.760 e. The van der Waals surface area contributed by atoms with E-state index in [1.807, 2.05) is 6.92 Å². The summed E-state index contributed by atoms with van der Waals surface area (Å²) in [7, 11) is 0. The fourth-order valence-electron chi connectivity index (χ4n) is 1.88. The van der Waals surface area contributed by atoms with Gasteiger partial charge in [0, 0.05) is 17.3 Å². The van der Waals surface area contributed by atoms with Gasteiger partial charge in [-0.2, -0.15) is 0 Å². The van der Waals surface area contributed by atoms with Crippen molar-refractivity contribution in [1.29, 1.82) is 0 Å². The average Bonchev–Trinajstić information content (AvgIpc) is 2.05. The van der Waals surface area contributed by atoms with Gasteiger partial charge in [0.1, 0.15) is 0 Å². The van der Waals surface area contributed by atoms with Crippen LogP contribution in [0.5, 0.6) is 0 Å². The van der Waals surface area contributed by atoms with Crippen molar-refractivity contribution >= 4 is 11.3 Å². The molecule has 3 nitrogen and oxygen atoms in total. The molecule has 1 saturated carbocycles. The third kappa shape index (κ3) is 3.21. The Labute approximate surface area is 76.4 Å². The van der Waals surface area contributed by atoms with E-state index < -0.39 is 11.3 Å². The van der Waals surface area contributed by atoms with E-state index in [-0.39, 0.29) is 6.04 Å². The Morgan fingerprint density at radius 1 is 1.42 bits per heavy atom. The van der Waals surface area contributed by atoms with Crippen molar-refractivity contribution in [2.24, 2.45) is 5.92 Å². The minimum atomic E-state index is -2.10. The first-order valence-corrected chi connectivity index (χ1v) is 5.63. The van der Waals surface area contributed by atoms with Gasteiger partial charge in [-0.15, -0.1) is 0 Å². The van der Waals surface area contributed by atoms with Crippen molar-refractivity contribution in [2.75, 3.05) is 0 Å². The number of rotatable bonds is 3. The zero-order valence-electron chi connectivity index (χ0n) is 7.41. The lowest BCUT2D eigenvalue weighted by atomic mass is 9.85. The van der Waals surface area contributed by atoms with E-state index in [9.17, 15) is 8.76 Å². The number of hydrogen-bond donors (Lipinski definition) is 1. The van der Waals surface area contributed by atoms with Crippen molar-refractivity contribution in [1.82, 2.24) is 4.72 Å². The highest BCUT2D eigenvalue weighted by Crippen LogP contribution is 2.26. The van der Waals surface area contributed by atoms with Crippen LogP contribution in [0.2, 0.25) is 0 Å². The first-order valence-electron chi connectivity index (χ1n) is 4.55. The summed E-state index contributed by atoms with van der Waals surface area (Å²) in [5.41, 5.74) is 0. The second-order valence-corrected chi connectivity index (χ2v) is 4.24. The fraction of sp³-hybridized carbons (Fsp3) is 1.00. The minimum Gasteiger partial charge on any atom is -0.760 e. The van der Waals surface area contributed by atoms with E-state index in [1.165, 1.54) is 32.1 Å². The summed E-state index contributed by atoms with van der Waals surface area (Å²) in [5, 5.41) is 0. The molecular weight excluding hydrogens is 174 g/mol. The van der Waals surface area contributed by atoms with Gasteiger partial charge in [-0.1, -0.05) is 19.3 Å². The quantitative estimate of drug-likeness (QED) is 0.683. The first kappa shape index (κ1) is 10.2. The maximum atomic E-state index is 10.3. The Morgan fingerprint density at radius 2 is 2.00 bits per heavy atom. The zero-order chi connectivity index (χ0) is 8.97. The van der Waals surface area contributed by atoms with Crippen molar-refractivity contribution in [3.05, 3.63) is 0 Å². The molecule has 12 heavy (non-hydrogen) atoms. The second kappa shape index (κ2) is 4.94. The maximum absolute atomic E-state index is 10.3. The molecule has 2 unspecified atom stereocenters. The van der Waals surface area contributed by atoms with Gasteiger partial charge in [0.2, 0.25) is 0 Å². The zero-order valence-corrected chi connectivity index (χ0v) is 8.23. The number of nitrogens with one attached hydrogen (secondary N) is 1. The highest BCUT2D eigenvalue weighted by Gasteiger charge is 2.19. The van der Waals surface area contributed by atoms with Crippen molar-refractivity contribution in [3.8, 4) is 0 Å². The molecule has 72 valence electrons. The number of hydrogen-bond acceptors (Lipinski definition) is 2. The summed E-state index contributed by atoms with van der Waals surface area (Å²) < 4.78 is 23.2. The molecule has 0 spiro atoms. The minimum absolute atomic E-state index is 0.114. The third-order valence-electron chi connectivity index (χ3n) is 2.64. The molecule has 1 aliphatic rings. The molecule has 0 radical (unpaired) electrons. The van der Waals surface area contributed by atoms with Crippen LogP contribution in [0.25, 0.3) is 0 Å². The summed E-state index contributed by atoms with van der Waals surface area (Å²) in [6, 6.07) is 0.114. The predicted molar refractivity (Wildman–Crippen MR) is 48.1 cm³/mol. The van der Waals surface area contributed by atoms with Gasteiger partial charge in [-0.25, -0.2) is 4.72 Å². The fourth-order valence-corrected chi connectivity index (χ4v) is 2.38. The lowest BCUT2D eigenvalue weighted by molar-refractivity contribution is 0.301. The SMILES string of the molecule is CC(NS(=O)[O-])C1CCCCC1. The molecule has 2 atom stereocenters. The van der Waals surface area contributed by atoms with Gasteiger partial charge in [-0.05, 0) is 25.7 Å². The van der Waals surface area contributed by atoms with Crippen LogP contribution in [0, 0.1) is 5.92 Å². The van der Waals surface area contributed by atoms with Gasteiger partial charge in [0.25, 0.3) is 0 Å². The Morgan fingerprint density at radius 3 is 2.50 bits per heavy atom. The van der Waals surface area contributed by atoms with Crippen LogP contribution >= 0.6 is 0 Å². The molecule has 1 N–H and O–H groups in total. The molecule has 0 aromatic carbocycles. The van der Waals surface area contributed by atoms with E-state index in [0.29, 0.717) is 5.92 Å². The van der Waals surface area contributed by atoms with E-state index in [2.05, 4.69) is 4.72 Å². The molecule has 0 aliphatic heterocycles. The Balaban J connectivity index is 2.29. The lowest BCUT2D eigenvalue weighted by Gasteiger charge is -2.28. The second-order valence-electron chi connectivity index (χ2n) is 3.54. The predicted octanol–water partition coefficient (Wildman–Crippen LogP) is 1.34. The Hall–Kier alpha value is 0.0700. The smallest absolute Gasteiger partial charge is 0.0184 e. The average molecular weight is 190 g/mol. The van der Waals surface area contributed by atoms with Crippen LogP contribution in [0.15, 0.2) is 0 Å². The summed E-state index contributed by atoms with van der Waals surface area (Å²) >= 11 is -2.10. The molecule has 0 amide bonds. The summed E-state index contributed by atoms with van der Waals surface area (Å²) in [6.45, 7) is 1.95. The molecule has 1 rings (SSSR count). The van der Waals surface area contributed by atoms with Gasteiger partial charge in [0.15, 0.2) is 0 Å². The molecule has 4 heteroatoms. The van der Waals surface area contributed by atoms with Crippen LogP contribution in [0.4, 0.5) is 0 Å². The molecule has 0 aromatic heterocycles. The molecule has 1 aliphatic carbocycles. The van der Waals surface area contributed by atoms with Crippen LogP contribution in [-0.4, -0.2) is 14.8 Å². The topological polar surface area (TPSA) is 52.2 Å². The molecule has 0 bridgehead atoms. The van der Waals surface area contributed by atoms with Crippen LogP contribution in [0.3, 0.4) is 0 Å². The summed E-state index contributed by atoms with van der Waals surface area (Å²) in [4.78, 5) is 0. The lowest BCUT2D eigenvalue weighted by Crippen LogP contribution is -2.35. The van der Waals surface area contributed by atoms with Crippen LogP contribution < -0.4 is 4.72 Å². The van der Waals surface area contributed by atoms with E-state index in [0.717, 1.165) is 0 Å². The van der Waals surface area contributed by atoms with Crippen LogP contribution in [0.1, 0.15) is 39.0 Å². The Bertz CT molecular complexity index is 157. The molecule has 0 saturated heterocycles. The molecule has 0 heterocycles. The van der Waals surface area contributed by atoms with Gasteiger partial charge in [0.05, 0.1) is 0 Å². The molecule has 0 aromatic rings. The van der Waals surface area contributed by atoms with E-state index in [1.54, 1.807) is 0 Å². The van der Waals surface area contributed by atoms with Crippen molar-refractivity contribution in [3.63, 3.8) is 0 Å². The molecular formula is C8H16NO2S-. The van der Waals surface area contributed by atoms with Crippen LogP contribution in [-0.2, 0) is 11.3 Å². The first-order chi connectivity index (χ1) is 5.70. The normalized spacial score (nSPS) is 25.2. The molecule has 1 fully saturated rings. The van der Waals surface area contributed by atoms with Crippen molar-refractivity contribution in [2.45, 2.75) is 45.1 Å². The Kier molecular flexibility index (Phi) is 4.18. The van der Waals surface area contributed by atoms with E-state index in [4.69, 9.17) is 0 Å². The summed E-state index contributed by atoms with van der Waals surface area (Å²) in [5.74, 6) is 0.552. The maximum Gasteiger partial charge on any atom is 0.0184 e. The highest BCUT2D eigenvalue weighted by atomic mass is 32.2.